The Morgan fingerprint density at radius 1 is 1.53 bits per heavy atom. The van der Waals surface area contributed by atoms with Gasteiger partial charge in [-0.3, -0.25) is 4.98 Å². The molecule has 0 radical (unpaired) electrons. The monoisotopic (exact) mass is 248 g/mol. The molecule has 1 atom stereocenters. The van der Waals surface area contributed by atoms with E-state index in [4.69, 9.17) is 5.73 Å². The Morgan fingerprint density at radius 3 is 2.94 bits per heavy atom. The molecule has 0 aliphatic rings. The Bertz CT molecular complexity index is 461. The van der Waals surface area contributed by atoms with Crippen molar-refractivity contribution in [3.63, 3.8) is 0 Å². The normalized spacial score (nSPS) is 12.6. The smallest absolute Gasteiger partial charge is 0.128 e. The van der Waals surface area contributed by atoms with Crippen LogP contribution in [0.5, 0.6) is 0 Å². The zero-order chi connectivity index (χ0) is 12.3. The van der Waals surface area contributed by atoms with E-state index >= 15 is 0 Å². The first-order valence-corrected chi connectivity index (χ1v) is 6.44. The zero-order valence-electron chi connectivity index (χ0n) is 9.97. The summed E-state index contributed by atoms with van der Waals surface area (Å²) < 4.78 is 0. The molecule has 1 unspecified atom stereocenters. The Labute approximate surface area is 105 Å². The van der Waals surface area contributed by atoms with Crippen LogP contribution in [0.4, 0.5) is 5.82 Å². The fourth-order valence-corrected chi connectivity index (χ4v) is 2.59. The second-order valence-electron chi connectivity index (χ2n) is 3.82. The third kappa shape index (κ3) is 2.45. The van der Waals surface area contributed by atoms with Crippen LogP contribution in [0, 0.1) is 6.92 Å². The molecule has 90 valence electrons. The molecular weight excluding hydrogens is 232 g/mol. The van der Waals surface area contributed by atoms with Crippen LogP contribution in [0.2, 0.25) is 0 Å². The second kappa shape index (κ2) is 5.25. The van der Waals surface area contributed by atoms with Crippen molar-refractivity contribution in [3.8, 4) is 0 Å². The maximum Gasteiger partial charge on any atom is 0.128 e. The van der Waals surface area contributed by atoms with Crippen LogP contribution in [-0.2, 0) is 0 Å². The van der Waals surface area contributed by atoms with Gasteiger partial charge in [0.05, 0.1) is 11.6 Å². The molecule has 2 aromatic heterocycles. The van der Waals surface area contributed by atoms with Gasteiger partial charge in [-0.05, 0) is 25.1 Å². The minimum absolute atomic E-state index is 0.0844. The van der Waals surface area contributed by atoms with Crippen LogP contribution in [0.1, 0.15) is 29.0 Å². The van der Waals surface area contributed by atoms with E-state index in [-0.39, 0.29) is 6.04 Å². The lowest BCUT2D eigenvalue weighted by Gasteiger charge is -2.19. The van der Waals surface area contributed by atoms with E-state index in [0.717, 1.165) is 22.5 Å². The minimum atomic E-state index is 0.0844. The molecule has 0 aliphatic carbocycles. The number of aromatic nitrogens is 2. The molecule has 0 bridgehead atoms. The topological polar surface area (TPSA) is 63.8 Å². The summed E-state index contributed by atoms with van der Waals surface area (Å²) in [7, 11) is 0. The van der Waals surface area contributed by atoms with Crippen LogP contribution in [0.15, 0.2) is 24.0 Å². The number of thiazole rings is 1. The summed E-state index contributed by atoms with van der Waals surface area (Å²) in [5, 5.41) is 3.43. The van der Waals surface area contributed by atoms with Crippen molar-refractivity contribution in [1.82, 2.24) is 15.3 Å². The Kier molecular flexibility index (Phi) is 3.71. The van der Waals surface area contributed by atoms with Gasteiger partial charge in [0.2, 0.25) is 0 Å². The molecule has 0 saturated carbocycles. The van der Waals surface area contributed by atoms with Gasteiger partial charge in [-0.1, -0.05) is 6.92 Å². The number of nitrogens with zero attached hydrogens (tertiary/aromatic N) is 2. The molecule has 0 fully saturated rings. The average molecular weight is 248 g/mol. The van der Waals surface area contributed by atoms with Crippen LogP contribution in [0.3, 0.4) is 0 Å². The van der Waals surface area contributed by atoms with Crippen molar-refractivity contribution in [3.05, 3.63) is 40.0 Å². The molecule has 0 aliphatic heterocycles. The molecule has 4 nitrogen and oxygen atoms in total. The zero-order valence-corrected chi connectivity index (χ0v) is 10.8. The maximum absolute atomic E-state index is 5.99. The van der Waals surface area contributed by atoms with E-state index in [2.05, 4.69) is 29.1 Å². The largest absolute Gasteiger partial charge is 0.383 e. The Balaban J connectivity index is 2.46. The second-order valence-corrected chi connectivity index (χ2v) is 4.74. The summed E-state index contributed by atoms with van der Waals surface area (Å²) in [6, 6.07) is 2.07. The highest BCUT2D eigenvalue weighted by molar-refractivity contribution is 7.09. The van der Waals surface area contributed by atoms with E-state index in [1.807, 2.05) is 17.8 Å². The van der Waals surface area contributed by atoms with Gasteiger partial charge in [0.15, 0.2) is 0 Å². The molecule has 2 rings (SSSR count). The third-order valence-corrected chi connectivity index (χ3v) is 3.51. The number of aryl methyl sites for hydroxylation is 1. The van der Waals surface area contributed by atoms with Gasteiger partial charge in [-0.25, -0.2) is 4.98 Å². The summed E-state index contributed by atoms with van der Waals surface area (Å²) in [5.74, 6) is 0.587. The first-order valence-electron chi connectivity index (χ1n) is 5.56. The average Bonchev–Trinajstić information content (AvgIpc) is 2.80. The number of pyridine rings is 1. The molecule has 2 aromatic rings. The summed E-state index contributed by atoms with van der Waals surface area (Å²) in [4.78, 5) is 9.46. The number of nitrogen functional groups attached to an aromatic ring is 1. The molecular formula is C12H16N4S. The lowest BCUT2D eigenvalue weighted by Crippen LogP contribution is -2.23. The van der Waals surface area contributed by atoms with Gasteiger partial charge in [-0.15, -0.1) is 11.3 Å². The molecule has 0 spiro atoms. The van der Waals surface area contributed by atoms with Crippen molar-refractivity contribution in [1.29, 1.82) is 0 Å². The highest BCUT2D eigenvalue weighted by Gasteiger charge is 2.19. The number of anilines is 1. The van der Waals surface area contributed by atoms with E-state index in [1.165, 1.54) is 0 Å². The fraction of sp³-hybridized carbons (Fsp3) is 0.333. The number of nitrogens with one attached hydrogen (secondary N) is 1. The molecule has 2 heterocycles. The first-order chi connectivity index (χ1) is 8.24. The van der Waals surface area contributed by atoms with Crippen molar-refractivity contribution in [2.45, 2.75) is 19.9 Å². The van der Waals surface area contributed by atoms with E-state index in [0.29, 0.717) is 5.82 Å². The quantitative estimate of drug-likeness (QED) is 0.870. The molecule has 0 saturated heterocycles. The number of hydrogen-bond donors (Lipinski definition) is 2. The van der Waals surface area contributed by atoms with Gasteiger partial charge in [0, 0.05) is 22.8 Å². The highest BCUT2D eigenvalue weighted by atomic mass is 32.1. The van der Waals surface area contributed by atoms with Crippen molar-refractivity contribution in [2.75, 3.05) is 12.3 Å². The van der Waals surface area contributed by atoms with Gasteiger partial charge >= 0.3 is 0 Å². The predicted octanol–water partition coefficient (Wildman–Crippen LogP) is 2.13. The Morgan fingerprint density at radius 2 is 2.35 bits per heavy atom. The maximum atomic E-state index is 5.99. The van der Waals surface area contributed by atoms with E-state index in [9.17, 15) is 0 Å². The number of hydrogen-bond acceptors (Lipinski definition) is 5. The highest BCUT2D eigenvalue weighted by Crippen LogP contribution is 2.30. The molecule has 0 amide bonds. The standard InChI is InChI=1S/C12H16N4S/c1-3-15-11(9-6-14-7-17-9)10-8(2)4-5-16-12(10)13/h4-7,11,15H,3H2,1-2H3,(H2,13,16). The van der Waals surface area contributed by atoms with Crippen LogP contribution in [0.25, 0.3) is 0 Å². The first kappa shape index (κ1) is 12.0. The van der Waals surface area contributed by atoms with Crippen molar-refractivity contribution < 1.29 is 0 Å². The summed E-state index contributed by atoms with van der Waals surface area (Å²) in [5.41, 5.74) is 10.0. The van der Waals surface area contributed by atoms with Gasteiger partial charge in [0.1, 0.15) is 5.82 Å². The fourth-order valence-electron chi connectivity index (χ4n) is 1.88. The molecule has 5 heteroatoms. The lowest BCUT2D eigenvalue weighted by molar-refractivity contribution is 0.635. The van der Waals surface area contributed by atoms with Gasteiger partial charge in [-0.2, -0.15) is 0 Å². The summed E-state index contributed by atoms with van der Waals surface area (Å²) in [6.45, 7) is 5.00. The van der Waals surface area contributed by atoms with E-state index < -0.39 is 0 Å². The van der Waals surface area contributed by atoms with Crippen molar-refractivity contribution in [2.24, 2.45) is 0 Å². The third-order valence-electron chi connectivity index (χ3n) is 2.67. The number of rotatable bonds is 4. The Hall–Kier alpha value is -1.46. The summed E-state index contributed by atoms with van der Waals surface area (Å²) in [6.07, 6.45) is 3.62. The predicted molar refractivity (Wildman–Crippen MR) is 71.0 cm³/mol. The van der Waals surface area contributed by atoms with Gasteiger partial charge < -0.3 is 11.1 Å². The van der Waals surface area contributed by atoms with Crippen molar-refractivity contribution >= 4 is 17.2 Å². The number of nitrogens with two attached hydrogens (primary N) is 1. The lowest BCUT2D eigenvalue weighted by atomic mass is 10.0. The molecule has 3 N–H and O–H groups in total. The van der Waals surface area contributed by atoms with Crippen LogP contribution >= 0.6 is 11.3 Å². The van der Waals surface area contributed by atoms with E-state index in [1.54, 1.807) is 17.5 Å². The molecule has 0 aromatic carbocycles. The van der Waals surface area contributed by atoms with Crippen LogP contribution in [-0.4, -0.2) is 16.5 Å². The van der Waals surface area contributed by atoms with Crippen LogP contribution < -0.4 is 11.1 Å². The molecule has 17 heavy (non-hydrogen) atoms. The minimum Gasteiger partial charge on any atom is -0.383 e. The SMILES string of the molecule is CCNC(c1cncs1)c1c(C)ccnc1N. The van der Waals surface area contributed by atoms with Gasteiger partial charge in [0.25, 0.3) is 0 Å². The summed E-state index contributed by atoms with van der Waals surface area (Å²) >= 11 is 1.63.